The lowest BCUT2D eigenvalue weighted by molar-refractivity contribution is 0.101. The lowest BCUT2D eigenvalue weighted by Crippen LogP contribution is -2.54. The lowest BCUT2D eigenvalue weighted by atomic mass is 10.1. The first-order chi connectivity index (χ1) is 14.7. The summed E-state index contributed by atoms with van der Waals surface area (Å²) in [7, 11) is -7.40. The fraction of sp³-hybridized carbons (Fsp3) is 0.455. The molecule has 168 valence electrons. The molecule has 2 aliphatic rings. The van der Waals surface area contributed by atoms with Gasteiger partial charge in [0.1, 0.15) is 5.82 Å². The van der Waals surface area contributed by atoms with Crippen LogP contribution in [0.1, 0.15) is 11.1 Å². The van der Waals surface area contributed by atoms with Crippen molar-refractivity contribution in [3.05, 3.63) is 65.5 Å². The first kappa shape index (κ1) is 22.4. The smallest absolute Gasteiger partial charge is 0.184 e. The van der Waals surface area contributed by atoms with E-state index in [2.05, 4.69) is 17.0 Å². The van der Waals surface area contributed by atoms with Gasteiger partial charge in [0.25, 0.3) is 0 Å². The predicted octanol–water partition coefficient (Wildman–Crippen LogP) is 1.89. The number of sulfone groups is 2. The Balaban J connectivity index is 1.52. The second-order valence-electron chi connectivity index (χ2n) is 8.44. The Labute approximate surface area is 183 Å². The van der Waals surface area contributed by atoms with E-state index < -0.39 is 36.8 Å². The van der Waals surface area contributed by atoms with Crippen molar-refractivity contribution in [3.63, 3.8) is 0 Å². The van der Waals surface area contributed by atoms with Crippen molar-refractivity contribution in [2.75, 3.05) is 37.7 Å². The molecular weight excluding hydrogens is 439 g/mol. The lowest BCUT2D eigenvalue weighted by Gasteiger charge is -2.39. The van der Waals surface area contributed by atoms with Gasteiger partial charge in [-0.25, -0.2) is 21.2 Å². The largest absolute Gasteiger partial charge is 0.297 e. The van der Waals surface area contributed by atoms with Crippen molar-refractivity contribution in [3.8, 4) is 0 Å². The topological polar surface area (TPSA) is 74.8 Å². The van der Waals surface area contributed by atoms with Crippen LogP contribution in [0.25, 0.3) is 0 Å². The van der Waals surface area contributed by atoms with E-state index >= 15 is 0 Å². The summed E-state index contributed by atoms with van der Waals surface area (Å²) < 4.78 is 65.2. The van der Waals surface area contributed by atoms with E-state index in [9.17, 15) is 21.2 Å². The van der Waals surface area contributed by atoms with Gasteiger partial charge in [0.15, 0.2) is 19.7 Å². The van der Waals surface area contributed by atoms with Crippen molar-refractivity contribution in [2.45, 2.75) is 29.7 Å². The van der Waals surface area contributed by atoms with Crippen LogP contribution in [-0.4, -0.2) is 75.6 Å². The Morgan fingerprint density at radius 2 is 1.68 bits per heavy atom. The molecule has 2 aliphatic heterocycles. The summed E-state index contributed by atoms with van der Waals surface area (Å²) in [4.78, 5) is 4.32. The van der Waals surface area contributed by atoms with E-state index in [1.165, 1.54) is 24.6 Å². The molecule has 6 nitrogen and oxygen atoms in total. The maximum Gasteiger partial charge on any atom is 0.184 e. The number of benzene rings is 2. The molecule has 2 saturated heterocycles. The molecule has 0 aromatic heterocycles. The van der Waals surface area contributed by atoms with Crippen molar-refractivity contribution in [1.82, 2.24) is 9.80 Å². The van der Waals surface area contributed by atoms with Crippen LogP contribution in [0, 0.1) is 12.7 Å². The first-order valence-corrected chi connectivity index (χ1v) is 13.7. The quantitative estimate of drug-likeness (QED) is 0.627. The Morgan fingerprint density at radius 1 is 1.00 bits per heavy atom. The summed E-state index contributed by atoms with van der Waals surface area (Å²) in [6.45, 7) is 5.06. The van der Waals surface area contributed by atoms with Gasteiger partial charge in [-0.15, -0.1) is 0 Å². The number of rotatable bonds is 5. The standard InChI is InChI=1S/C22H27FN2O4S2/c1-17-13-19(23)7-8-21(17)31(28,29)22-16-30(26,27)15-20(22)25-11-9-24(10-12-25)14-18-5-3-2-4-6-18/h2-8,13,20,22H,9-12,14-16H2,1H3/t20-,22-/m0/s1. The second kappa shape index (κ2) is 8.61. The Hall–Kier alpha value is -1.81. The average Bonchev–Trinajstić information content (AvgIpc) is 3.05. The van der Waals surface area contributed by atoms with Crippen LogP contribution >= 0.6 is 0 Å². The molecule has 4 rings (SSSR count). The van der Waals surface area contributed by atoms with Crippen LogP contribution in [0.15, 0.2) is 53.4 Å². The molecule has 2 atom stereocenters. The maximum atomic E-state index is 13.5. The summed E-state index contributed by atoms with van der Waals surface area (Å²) in [5.41, 5.74) is 1.52. The van der Waals surface area contributed by atoms with E-state index in [1.54, 1.807) is 0 Å². The number of hydrogen-bond donors (Lipinski definition) is 0. The summed E-state index contributed by atoms with van der Waals surface area (Å²) in [5, 5.41) is -1.04. The van der Waals surface area contributed by atoms with E-state index in [0.717, 1.165) is 25.7 Å². The number of halogens is 1. The number of nitrogens with zero attached hydrogens (tertiary/aromatic N) is 2. The third-order valence-electron chi connectivity index (χ3n) is 6.24. The van der Waals surface area contributed by atoms with Crippen LogP contribution < -0.4 is 0 Å². The van der Waals surface area contributed by atoms with Crippen LogP contribution in [0.5, 0.6) is 0 Å². The highest BCUT2D eigenvalue weighted by atomic mass is 32.2. The van der Waals surface area contributed by atoms with Gasteiger partial charge in [0, 0.05) is 38.8 Å². The minimum absolute atomic E-state index is 0.0173. The van der Waals surface area contributed by atoms with Gasteiger partial charge < -0.3 is 0 Å². The molecule has 2 fully saturated rings. The molecule has 0 unspecified atom stereocenters. The highest BCUT2D eigenvalue weighted by Gasteiger charge is 2.48. The summed E-state index contributed by atoms with van der Waals surface area (Å²) in [5.74, 6) is -1.06. The van der Waals surface area contributed by atoms with Gasteiger partial charge in [-0.05, 0) is 36.2 Å². The third kappa shape index (κ3) is 4.84. The highest BCUT2D eigenvalue weighted by Crippen LogP contribution is 2.31. The second-order valence-corrected chi connectivity index (χ2v) is 12.7. The summed E-state index contributed by atoms with van der Waals surface area (Å²) in [6.07, 6.45) is 0. The molecule has 2 heterocycles. The number of piperazine rings is 1. The maximum absolute atomic E-state index is 13.5. The summed E-state index contributed by atoms with van der Waals surface area (Å²) >= 11 is 0. The van der Waals surface area contributed by atoms with E-state index in [0.29, 0.717) is 18.7 Å². The highest BCUT2D eigenvalue weighted by molar-refractivity contribution is 7.96. The first-order valence-electron chi connectivity index (χ1n) is 10.4. The molecule has 0 saturated carbocycles. The minimum Gasteiger partial charge on any atom is -0.297 e. The molecule has 9 heteroatoms. The van der Waals surface area contributed by atoms with Crippen LogP contribution in [-0.2, 0) is 26.2 Å². The van der Waals surface area contributed by atoms with Gasteiger partial charge in [-0.3, -0.25) is 9.80 Å². The van der Waals surface area contributed by atoms with Crippen molar-refractivity contribution >= 4 is 19.7 Å². The third-order valence-corrected chi connectivity index (χ3v) is 10.5. The van der Waals surface area contributed by atoms with Crippen LogP contribution in [0.3, 0.4) is 0 Å². The fourth-order valence-corrected chi connectivity index (χ4v) is 9.68. The van der Waals surface area contributed by atoms with E-state index in [4.69, 9.17) is 0 Å². The normalized spacial score (nSPS) is 25.0. The van der Waals surface area contributed by atoms with E-state index in [-0.39, 0.29) is 16.4 Å². The van der Waals surface area contributed by atoms with Gasteiger partial charge in [-0.1, -0.05) is 30.3 Å². The SMILES string of the molecule is Cc1cc(F)ccc1S(=O)(=O)[C@H]1CS(=O)(=O)C[C@@H]1N1CCN(Cc2ccccc2)CC1. The van der Waals surface area contributed by atoms with E-state index in [1.807, 2.05) is 23.1 Å². The monoisotopic (exact) mass is 466 g/mol. The minimum atomic E-state index is -3.92. The van der Waals surface area contributed by atoms with Gasteiger partial charge in [-0.2, -0.15) is 0 Å². The van der Waals surface area contributed by atoms with Gasteiger partial charge in [0.2, 0.25) is 0 Å². The molecule has 2 aromatic rings. The Bertz CT molecular complexity index is 1150. The zero-order valence-corrected chi connectivity index (χ0v) is 19.1. The van der Waals surface area contributed by atoms with Crippen molar-refractivity contribution in [2.24, 2.45) is 0 Å². The van der Waals surface area contributed by atoms with Crippen LogP contribution in [0.2, 0.25) is 0 Å². The number of aryl methyl sites for hydroxylation is 1. The molecule has 0 N–H and O–H groups in total. The van der Waals surface area contributed by atoms with Crippen molar-refractivity contribution < 1.29 is 21.2 Å². The Morgan fingerprint density at radius 3 is 2.32 bits per heavy atom. The molecule has 0 radical (unpaired) electrons. The predicted molar refractivity (Wildman–Crippen MR) is 118 cm³/mol. The Kier molecular flexibility index (Phi) is 6.22. The van der Waals surface area contributed by atoms with Crippen molar-refractivity contribution in [1.29, 1.82) is 0 Å². The summed E-state index contributed by atoms with van der Waals surface area (Å²) in [6, 6.07) is 13.1. The zero-order valence-electron chi connectivity index (χ0n) is 17.4. The molecule has 0 spiro atoms. The fourth-order valence-electron chi connectivity index (χ4n) is 4.62. The average molecular weight is 467 g/mol. The molecular formula is C22H27FN2O4S2. The van der Waals surface area contributed by atoms with Gasteiger partial charge >= 0.3 is 0 Å². The zero-order chi connectivity index (χ0) is 22.2. The molecule has 31 heavy (non-hydrogen) atoms. The molecule has 2 aromatic carbocycles. The van der Waals surface area contributed by atoms with Gasteiger partial charge in [0.05, 0.1) is 21.7 Å². The molecule has 0 bridgehead atoms. The number of hydrogen-bond acceptors (Lipinski definition) is 6. The van der Waals surface area contributed by atoms with Crippen LogP contribution in [0.4, 0.5) is 4.39 Å². The molecule has 0 amide bonds. The molecule has 0 aliphatic carbocycles.